The summed E-state index contributed by atoms with van der Waals surface area (Å²) in [6.45, 7) is 2.68. The molecule has 0 bridgehead atoms. The zero-order chi connectivity index (χ0) is 22.3. The predicted octanol–water partition coefficient (Wildman–Crippen LogP) is 6.39. The van der Waals surface area contributed by atoms with E-state index in [0.29, 0.717) is 18.8 Å². The van der Waals surface area contributed by atoms with Gasteiger partial charge >= 0.3 is 0 Å². The van der Waals surface area contributed by atoms with Gasteiger partial charge in [0, 0.05) is 22.0 Å². The number of ether oxygens (including phenoxy) is 2. The second-order valence-corrected chi connectivity index (χ2v) is 9.26. The van der Waals surface area contributed by atoms with Crippen LogP contribution in [0.2, 0.25) is 0 Å². The number of para-hydroxylation sites is 2. The van der Waals surface area contributed by atoms with Gasteiger partial charge in [-0.05, 0) is 73.5 Å². The van der Waals surface area contributed by atoms with Crippen molar-refractivity contribution in [3.63, 3.8) is 0 Å². The lowest BCUT2D eigenvalue weighted by molar-refractivity contribution is 0.297. The third kappa shape index (κ3) is 5.64. The average molecular weight is 559 g/mol. The number of imidazole rings is 1. The second-order valence-electron chi connectivity index (χ2n) is 7.43. The Balaban J connectivity index is 1.36. The van der Waals surface area contributed by atoms with Gasteiger partial charge in [0.25, 0.3) is 0 Å². The summed E-state index contributed by atoms with van der Waals surface area (Å²) in [5, 5.41) is 8.76. The van der Waals surface area contributed by atoms with Gasteiger partial charge < -0.3 is 18.6 Å². The Kier molecular flexibility index (Phi) is 7.71. The molecule has 0 aliphatic heterocycles. The van der Waals surface area contributed by atoms with Gasteiger partial charge in [0.1, 0.15) is 11.5 Å². The number of aromatic nitrogens is 2. The van der Waals surface area contributed by atoms with Crippen LogP contribution in [-0.4, -0.2) is 22.3 Å². The first-order chi connectivity index (χ1) is 15.6. The van der Waals surface area contributed by atoms with Crippen LogP contribution >= 0.6 is 31.9 Å². The van der Waals surface area contributed by atoms with Crippen LogP contribution in [-0.2, 0) is 13.1 Å². The van der Waals surface area contributed by atoms with Crippen molar-refractivity contribution >= 4 is 42.9 Å². The molecule has 0 fully saturated rings. The van der Waals surface area contributed by atoms with E-state index in [0.717, 1.165) is 57.4 Å². The molecule has 5 nitrogen and oxygen atoms in total. The van der Waals surface area contributed by atoms with Gasteiger partial charge in [-0.25, -0.2) is 0 Å². The summed E-state index contributed by atoms with van der Waals surface area (Å²) in [4.78, 5) is 0. The summed E-state index contributed by atoms with van der Waals surface area (Å²) in [6, 6.07) is 23.9. The Morgan fingerprint density at radius 1 is 0.625 bits per heavy atom. The third-order valence-corrected chi connectivity index (χ3v) is 6.25. The van der Waals surface area contributed by atoms with Crippen molar-refractivity contribution in [1.82, 2.24) is 9.13 Å². The van der Waals surface area contributed by atoms with Crippen molar-refractivity contribution in [2.24, 2.45) is 0 Å². The van der Waals surface area contributed by atoms with E-state index in [1.807, 2.05) is 60.7 Å². The van der Waals surface area contributed by atoms with Crippen molar-refractivity contribution in [2.75, 3.05) is 13.2 Å². The van der Waals surface area contributed by atoms with Crippen molar-refractivity contribution in [1.29, 1.82) is 5.41 Å². The fourth-order valence-electron chi connectivity index (χ4n) is 3.63. The summed E-state index contributed by atoms with van der Waals surface area (Å²) < 4.78 is 17.9. The lowest BCUT2D eigenvalue weighted by atomic mass is 10.3. The molecule has 1 heterocycles. The van der Waals surface area contributed by atoms with Gasteiger partial charge in [0.2, 0.25) is 5.62 Å². The van der Waals surface area contributed by atoms with Crippen molar-refractivity contribution in [2.45, 2.75) is 25.9 Å². The molecule has 1 N–H and O–H groups in total. The largest absolute Gasteiger partial charge is 0.494 e. The van der Waals surface area contributed by atoms with Gasteiger partial charge in [-0.1, -0.05) is 44.0 Å². The number of nitrogens with one attached hydrogen (secondary N) is 1. The molecule has 0 atom stereocenters. The molecule has 4 rings (SSSR count). The number of rotatable bonds is 10. The average Bonchev–Trinajstić information content (AvgIpc) is 3.07. The van der Waals surface area contributed by atoms with E-state index in [9.17, 15) is 0 Å². The highest BCUT2D eigenvalue weighted by Crippen LogP contribution is 2.18. The van der Waals surface area contributed by atoms with Gasteiger partial charge in [-0.2, -0.15) is 0 Å². The normalized spacial score (nSPS) is 11.1. The van der Waals surface area contributed by atoms with Crippen molar-refractivity contribution < 1.29 is 9.47 Å². The first-order valence-electron chi connectivity index (χ1n) is 10.6. The monoisotopic (exact) mass is 557 g/mol. The lowest BCUT2D eigenvalue weighted by Gasteiger charge is -2.08. The number of hydrogen-bond donors (Lipinski definition) is 1. The molecule has 7 heteroatoms. The molecule has 3 aromatic carbocycles. The minimum Gasteiger partial charge on any atom is -0.494 e. The highest BCUT2D eigenvalue weighted by Gasteiger charge is 2.10. The van der Waals surface area contributed by atoms with Crippen LogP contribution in [0.3, 0.4) is 0 Å². The summed E-state index contributed by atoms with van der Waals surface area (Å²) in [5.74, 6) is 1.72. The van der Waals surface area contributed by atoms with E-state index in [2.05, 4.69) is 53.1 Å². The summed E-state index contributed by atoms with van der Waals surface area (Å²) in [7, 11) is 0. The maximum atomic E-state index is 8.76. The molecule has 0 saturated carbocycles. The van der Waals surface area contributed by atoms with Gasteiger partial charge in [0.15, 0.2) is 0 Å². The van der Waals surface area contributed by atoms with E-state index < -0.39 is 0 Å². The number of aryl methyl sites for hydroxylation is 2. The highest BCUT2D eigenvalue weighted by atomic mass is 79.9. The lowest BCUT2D eigenvalue weighted by Crippen LogP contribution is -2.26. The van der Waals surface area contributed by atoms with Gasteiger partial charge in [-0.3, -0.25) is 5.41 Å². The van der Waals surface area contributed by atoms with Gasteiger partial charge in [-0.15, -0.1) is 0 Å². The second kappa shape index (κ2) is 10.9. The van der Waals surface area contributed by atoms with E-state index in [1.165, 1.54) is 0 Å². The standard InChI is InChI=1S/C25H25Br2N3O2/c26-19-7-11-21(12-8-19)31-17-3-15-29-23-5-1-2-6-24(23)30(25(29)28)16-4-18-32-22-13-9-20(27)10-14-22/h1-2,5-14,28H,3-4,15-18H2. The smallest absolute Gasteiger partial charge is 0.202 e. The zero-order valence-corrected chi connectivity index (χ0v) is 20.8. The topological polar surface area (TPSA) is 52.2 Å². The molecule has 0 aliphatic carbocycles. The predicted molar refractivity (Wildman–Crippen MR) is 134 cm³/mol. The molecule has 0 aliphatic rings. The number of fused-ring (bicyclic) bond motifs is 1. The van der Waals surface area contributed by atoms with Gasteiger partial charge in [0.05, 0.1) is 24.2 Å². The molecule has 4 aromatic rings. The highest BCUT2D eigenvalue weighted by molar-refractivity contribution is 9.10. The van der Waals surface area contributed by atoms with Crippen molar-refractivity contribution in [3.8, 4) is 11.5 Å². The Morgan fingerprint density at radius 3 is 1.44 bits per heavy atom. The quantitative estimate of drug-likeness (QED) is 0.229. The number of hydrogen-bond acceptors (Lipinski definition) is 3. The molecule has 32 heavy (non-hydrogen) atoms. The molecule has 0 saturated heterocycles. The molecule has 166 valence electrons. The maximum absolute atomic E-state index is 8.76. The van der Waals surface area contributed by atoms with E-state index in [4.69, 9.17) is 14.9 Å². The minimum atomic E-state index is 0.512. The molecule has 1 aromatic heterocycles. The number of nitrogens with zero attached hydrogens (tertiary/aromatic N) is 2. The summed E-state index contributed by atoms with van der Waals surface area (Å²) in [6.07, 6.45) is 1.65. The van der Waals surface area contributed by atoms with Crippen molar-refractivity contribution in [3.05, 3.63) is 87.4 Å². The maximum Gasteiger partial charge on any atom is 0.202 e. The Morgan fingerprint density at radius 2 is 1.03 bits per heavy atom. The van der Waals surface area contributed by atoms with Crippen LogP contribution in [0.5, 0.6) is 11.5 Å². The molecule has 0 radical (unpaired) electrons. The summed E-state index contributed by atoms with van der Waals surface area (Å²) >= 11 is 6.87. The number of benzene rings is 3. The van der Waals surface area contributed by atoms with E-state index >= 15 is 0 Å². The molecule has 0 amide bonds. The van der Waals surface area contributed by atoms with E-state index in [1.54, 1.807) is 0 Å². The fourth-order valence-corrected chi connectivity index (χ4v) is 4.16. The Labute approximate surface area is 204 Å². The molecule has 0 unspecified atom stereocenters. The van der Waals surface area contributed by atoms with Crippen LogP contribution in [0, 0.1) is 5.41 Å². The first kappa shape index (κ1) is 22.7. The number of halogens is 2. The molecular weight excluding hydrogens is 534 g/mol. The van der Waals surface area contributed by atoms with Crippen LogP contribution in [0.15, 0.2) is 81.7 Å². The third-order valence-electron chi connectivity index (χ3n) is 5.19. The SMILES string of the molecule is N=c1n(CCCOc2ccc(Br)cc2)c2ccccc2n1CCCOc1ccc(Br)cc1. The molecule has 0 spiro atoms. The van der Waals surface area contributed by atoms with Crippen LogP contribution < -0.4 is 15.1 Å². The Hall–Kier alpha value is -2.51. The zero-order valence-electron chi connectivity index (χ0n) is 17.6. The van der Waals surface area contributed by atoms with E-state index in [-0.39, 0.29) is 0 Å². The summed E-state index contributed by atoms with van der Waals surface area (Å²) in [5.41, 5.74) is 2.67. The molecular formula is C25H25Br2N3O2. The minimum absolute atomic E-state index is 0.512. The van der Waals surface area contributed by atoms with Crippen LogP contribution in [0.1, 0.15) is 12.8 Å². The van der Waals surface area contributed by atoms with Crippen LogP contribution in [0.4, 0.5) is 0 Å². The van der Waals surface area contributed by atoms with Crippen LogP contribution in [0.25, 0.3) is 11.0 Å². The fraction of sp³-hybridized carbons (Fsp3) is 0.240. The first-order valence-corrected chi connectivity index (χ1v) is 12.2. The Bertz CT molecular complexity index is 1120.